The normalized spacial score (nSPS) is 37.2. The number of amides is 1. The first-order valence-corrected chi connectivity index (χ1v) is 6.01. The van der Waals surface area contributed by atoms with Crippen molar-refractivity contribution >= 4 is 5.91 Å². The number of rotatable bonds is 2. The van der Waals surface area contributed by atoms with Crippen molar-refractivity contribution in [3.8, 4) is 0 Å². The average molecular weight is 209 g/mol. The standard InChI is InChI=1S/C11H19N3O/c15-10-6-14(5-9-1-2-9)11(8-13-10)3-4-12-7-11/h9,12H,1-8H2,(H,13,15). The summed E-state index contributed by atoms with van der Waals surface area (Å²) in [7, 11) is 0. The van der Waals surface area contributed by atoms with Crippen molar-refractivity contribution in [2.24, 2.45) is 5.92 Å². The molecule has 0 radical (unpaired) electrons. The van der Waals surface area contributed by atoms with Gasteiger partial charge in [-0.15, -0.1) is 0 Å². The number of piperazine rings is 1. The summed E-state index contributed by atoms with van der Waals surface area (Å²) in [6, 6.07) is 0. The summed E-state index contributed by atoms with van der Waals surface area (Å²) in [5.74, 6) is 1.07. The minimum Gasteiger partial charge on any atom is -0.353 e. The van der Waals surface area contributed by atoms with E-state index in [-0.39, 0.29) is 11.4 Å². The van der Waals surface area contributed by atoms with Crippen molar-refractivity contribution in [1.82, 2.24) is 15.5 Å². The van der Waals surface area contributed by atoms with Gasteiger partial charge in [-0.3, -0.25) is 9.69 Å². The van der Waals surface area contributed by atoms with Gasteiger partial charge >= 0.3 is 0 Å². The number of carbonyl (C=O) groups is 1. The zero-order chi connectivity index (χ0) is 10.3. The van der Waals surface area contributed by atoms with Gasteiger partial charge in [0.1, 0.15) is 0 Å². The van der Waals surface area contributed by atoms with E-state index in [0.29, 0.717) is 6.54 Å². The Morgan fingerprint density at radius 2 is 2.27 bits per heavy atom. The summed E-state index contributed by atoms with van der Waals surface area (Å²) < 4.78 is 0. The van der Waals surface area contributed by atoms with Crippen LogP contribution in [0.15, 0.2) is 0 Å². The van der Waals surface area contributed by atoms with Crippen molar-refractivity contribution in [2.75, 3.05) is 32.7 Å². The van der Waals surface area contributed by atoms with E-state index in [4.69, 9.17) is 0 Å². The molecule has 84 valence electrons. The number of hydrogen-bond donors (Lipinski definition) is 2. The molecule has 2 N–H and O–H groups in total. The van der Waals surface area contributed by atoms with Gasteiger partial charge in [0.05, 0.1) is 12.1 Å². The fourth-order valence-electron chi connectivity index (χ4n) is 2.79. The smallest absolute Gasteiger partial charge is 0.234 e. The summed E-state index contributed by atoms with van der Waals surface area (Å²) in [6.07, 6.45) is 3.91. The van der Waals surface area contributed by atoms with Gasteiger partial charge < -0.3 is 10.6 Å². The van der Waals surface area contributed by atoms with Crippen LogP contribution in [0.2, 0.25) is 0 Å². The Balaban J connectivity index is 1.74. The van der Waals surface area contributed by atoms with Crippen LogP contribution in [0.5, 0.6) is 0 Å². The predicted molar refractivity (Wildman–Crippen MR) is 57.5 cm³/mol. The van der Waals surface area contributed by atoms with Gasteiger partial charge in [0.25, 0.3) is 0 Å². The zero-order valence-corrected chi connectivity index (χ0v) is 9.09. The molecular formula is C11H19N3O. The molecular weight excluding hydrogens is 190 g/mol. The molecule has 1 unspecified atom stereocenters. The number of nitrogens with zero attached hydrogens (tertiary/aromatic N) is 1. The van der Waals surface area contributed by atoms with Crippen LogP contribution in [0.1, 0.15) is 19.3 Å². The summed E-state index contributed by atoms with van der Waals surface area (Å²) >= 11 is 0. The topological polar surface area (TPSA) is 44.4 Å². The molecule has 4 heteroatoms. The fraction of sp³-hybridized carbons (Fsp3) is 0.909. The van der Waals surface area contributed by atoms with E-state index < -0.39 is 0 Å². The highest BCUT2D eigenvalue weighted by Gasteiger charge is 2.44. The summed E-state index contributed by atoms with van der Waals surface area (Å²) in [6.45, 7) is 4.72. The second-order valence-corrected chi connectivity index (χ2v) is 5.25. The van der Waals surface area contributed by atoms with Crippen molar-refractivity contribution in [3.05, 3.63) is 0 Å². The van der Waals surface area contributed by atoms with E-state index >= 15 is 0 Å². The largest absolute Gasteiger partial charge is 0.353 e. The first-order valence-electron chi connectivity index (χ1n) is 6.01. The molecule has 1 saturated carbocycles. The highest BCUT2D eigenvalue weighted by molar-refractivity contribution is 5.79. The molecule has 2 heterocycles. The van der Waals surface area contributed by atoms with Gasteiger partial charge in [-0.2, -0.15) is 0 Å². The third-order valence-electron chi connectivity index (χ3n) is 4.02. The second-order valence-electron chi connectivity index (χ2n) is 5.25. The lowest BCUT2D eigenvalue weighted by atomic mass is 9.93. The maximum Gasteiger partial charge on any atom is 0.234 e. The van der Waals surface area contributed by atoms with Gasteiger partial charge in [0, 0.05) is 19.6 Å². The quantitative estimate of drug-likeness (QED) is 0.648. The lowest BCUT2D eigenvalue weighted by Gasteiger charge is -2.44. The number of hydrogen-bond acceptors (Lipinski definition) is 3. The van der Waals surface area contributed by atoms with Gasteiger partial charge in [0.2, 0.25) is 5.91 Å². The minimum atomic E-state index is 0.202. The Hall–Kier alpha value is -0.610. The molecule has 3 rings (SSSR count). The van der Waals surface area contributed by atoms with E-state index in [2.05, 4.69) is 15.5 Å². The maximum absolute atomic E-state index is 11.4. The summed E-state index contributed by atoms with van der Waals surface area (Å²) in [5, 5.41) is 6.45. The molecule has 2 aliphatic heterocycles. The molecule has 3 fully saturated rings. The highest BCUT2D eigenvalue weighted by atomic mass is 16.2. The molecule has 0 bridgehead atoms. The van der Waals surface area contributed by atoms with Crippen LogP contribution in [0.4, 0.5) is 0 Å². The maximum atomic E-state index is 11.4. The molecule has 4 nitrogen and oxygen atoms in total. The van der Waals surface area contributed by atoms with Crippen molar-refractivity contribution < 1.29 is 4.79 Å². The Kier molecular flexibility index (Phi) is 2.21. The third kappa shape index (κ3) is 1.76. The lowest BCUT2D eigenvalue weighted by molar-refractivity contribution is -0.128. The first-order chi connectivity index (χ1) is 7.28. The van der Waals surface area contributed by atoms with E-state index in [1.807, 2.05) is 0 Å². The van der Waals surface area contributed by atoms with Crippen LogP contribution in [0.25, 0.3) is 0 Å². The molecule has 0 aromatic rings. The highest BCUT2D eigenvalue weighted by Crippen LogP contribution is 2.34. The van der Waals surface area contributed by atoms with E-state index in [1.54, 1.807) is 0 Å². The Bertz CT molecular complexity index is 269. The van der Waals surface area contributed by atoms with Crippen LogP contribution in [-0.2, 0) is 4.79 Å². The fourth-order valence-corrected chi connectivity index (χ4v) is 2.79. The molecule has 1 amide bonds. The van der Waals surface area contributed by atoms with Gasteiger partial charge in [-0.25, -0.2) is 0 Å². The molecule has 1 aliphatic carbocycles. The van der Waals surface area contributed by atoms with Crippen molar-refractivity contribution in [2.45, 2.75) is 24.8 Å². The van der Waals surface area contributed by atoms with Crippen LogP contribution in [-0.4, -0.2) is 49.1 Å². The predicted octanol–water partition coefficient (Wildman–Crippen LogP) is -0.440. The Morgan fingerprint density at radius 1 is 1.40 bits per heavy atom. The molecule has 0 aromatic carbocycles. The Morgan fingerprint density at radius 3 is 2.93 bits per heavy atom. The van der Waals surface area contributed by atoms with Crippen molar-refractivity contribution in [3.63, 3.8) is 0 Å². The van der Waals surface area contributed by atoms with Crippen LogP contribution < -0.4 is 10.6 Å². The van der Waals surface area contributed by atoms with Gasteiger partial charge in [0.15, 0.2) is 0 Å². The van der Waals surface area contributed by atoms with Crippen LogP contribution in [0.3, 0.4) is 0 Å². The SMILES string of the molecule is O=C1CN(CC2CC2)C2(CCNC2)CN1. The molecule has 1 atom stereocenters. The summed E-state index contributed by atoms with van der Waals surface area (Å²) in [5.41, 5.74) is 0.233. The average Bonchev–Trinajstić information content (AvgIpc) is 2.92. The second kappa shape index (κ2) is 3.46. The van der Waals surface area contributed by atoms with Crippen molar-refractivity contribution in [1.29, 1.82) is 0 Å². The first kappa shape index (κ1) is 9.60. The lowest BCUT2D eigenvalue weighted by Crippen LogP contribution is -2.64. The molecule has 0 aromatic heterocycles. The number of nitrogens with one attached hydrogen (secondary N) is 2. The van der Waals surface area contributed by atoms with Gasteiger partial charge in [-0.1, -0.05) is 0 Å². The molecule has 3 aliphatic rings. The third-order valence-corrected chi connectivity index (χ3v) is 4.02. The minimum absolute atomic E-state index is 0.202. The molecule has 15 heavy (non-hydrogen) atoms. The van der Waals surface area contributed by atoms with E-state index in [9.17, 15) is 4.79 Å². The molecule has 2 saturated heterocycles. The number of carbonyl (C=O) groups excluding carboxylic acids is 1. The van der Waals surface area contributed by atoms with E-state index in [0.717, 1.165) is 32.1 Å². The summed E-state index contributed by atoms with van der Waals surface area (Å²) in [4.78, 5) is 13.9. The molecule has 1 spiro atoms. The van der Waals surface area contributed by atoms with Crippen LogP contribution >= 0.6 is 0 Å². The van der Waals surface area contributed by atoms with Gasteiger partial charge in [-0.05, 0) is 31.7 Å². The monoisotopic (exact) mass is 209 g/mol. The van der Waals surface area contributed by atoms with E-state index in [1.165, 1.54) is 19.3 Å². The Labute approximate surface area is 90.4 Å². The van der Waals surface area contributed by atoms with Crippen LogP contribution in [0, 0.1) is 5.92 Å². The zero-order valence-electron chi connectivity index (χ0n) is 9.09.